The van der Waals surface area contributed by atoms with Gasteiger partial charge in [0, 0.05) is 31.5 Å². The molecule has 0 radical (unpaired) electrons. The van der Waals surface area contributed by atoms with Crippen molar-refractivity contribution in [3.05, 3.63) is 65.5 Å². The Morgan fingerprint density at radius 2 is 1.88 bits per heavy atom. The van der Waals surface area contributed by atoms with Gasteiger partial charge in [0.2, 0.25) is 0 Å². The van der Waals surface area contributed by atoms with Crippen LogP contribution in [0.15, 0.2) is 48.8 Å². The number of hydrogen-bond donors (Lipinski definition) is 1. The van der Waals surface area contributed by atoms with E-state index in [1.54, 1.807) is 11.1 Å². The van der Waals surface area contributed by atoms with Gasteiger partial charge in [0.15, 0.2) is 0 Å². The molecule has 6 heteroatoms. The van der Waals surface area contributed by atoms with E-state index in [-0.39, 0.29) is 24.0 Å². The molecular weight excluding hydrogens is 330 g/mol. The second-order valence-corrected chi connectivity index (χ2v) is 6.91. The van der Waals surface area contributed by atoms with Crippen LogP contribution in [0.3, 0.4) is 0 Å². The zero-order chi connectivity index (χ0) is 17.9. The van der Waals surface area contributed by atoms with Crippen LogP contribution in [-0.4, -0.2) is 27.9 Å². The van der Waals surface area contributed by atoms with E-state index in [1.807, 2.05) is 42.6 Å². The molecule has 1 N–H and O–H groups in total. The van der Waals surface area contributed by atoms with Crippen molar-refractivity contribution in [3.63, 3.8) is 0 Å². The Hall–Kier alpha value is -2.89. The Morgan fingerprint density at radius 1 is 1.12 bits per heavy atom. The molecule has 1 aliphatic carbocycles. The molecular formula is C20H21N3O3. The van der Waals surface area contributed by atoms with Gasteiger partial charge in [0.1, 0.15) is 6.61 Å². The molecule has 1 aromatic carbocycles. The van der Waals surface area contributed by atoms with Crippen molar-refractivity contribution in [3.8, 4) is 0 Å². The maximum atomic E-state index is 12.4. The third kappa shape index (κ3) is 3.54. The number of carbonyl (C=O) groups is 2. The highest BCUT2D eigenvalue weighted by Crippen LogP contribution is 2.30. The molecule has 1 aromatic heterocycles. The predicted molar refractivity (Wildman–Crippen MR) is 94.8 cm³/mol. The lowest BCUT2D eigenvalue weighted by Crippen LogP contribution is -2.50. The van der Waals surface area contributed by atoms with Gasteiger partial charge in [0.05, 0.1) is 5.92 Å². The average Bonchev–Trinajstić information content (AvgIpc) is 3.07. The van der Waals surface area contributed by atoms with E-state index >= 15 is 0 Å². The van der Waals surface area contributed by atoms with Gasteiger partial charge in [0.25, 0.3) is 0 Å². The Labute approximate surface area is 152 Å². The van der Waals surface area contributed by atoms with E-state index < -0.39 is 0 Å². The van der Waals surface area contributed by atoms with Gasteiger partial charge in [-0.3, -0.25) is 9.78 Å². The number of esters is 1. The SMILES string of the molecule is O=C(N[C@H]1C[C@H](C(=O)OCc2ccccc2)C1)N1Cc2ccncc2C1. The van der Waals surface area contributed by atoms with E-state index in [4.69, 9.17) is 4.74 Å². The van der Waals surface area contributed by atoms with Crippen LogP contribution in [0, 0.1) is 5.92 Å². The van der Waals surface area contributed by atoms with E-state index in [1.165, 1.54) is 0 Å². The molecule has 0 atom stereocenters. The molecule has 2 aromatic rings. The number of nitrogens with one attached hydrogen (secondary N) is 1. The van der Waals surface area contributed by atoms with Crippen LogP contribution in [-0.2, 0) is 29.2 Å². The standard InChI is InChI=1S/C20H21N3O3/c24-19(26-13-14-4-2-1-3-5-14)16-8-18(9-16)22-20(25)23-11-15-6-7-21-10-17(15)12-23/h1-7,10,16,18H,8-9,11-13H2,(H,22,25)/t16-,18-. The number of ether oxygens (including phenoxy) is 1. The summed E-state index contributed by atoms with van der Waals surface area (Å²) in [6, 6.07) is 11.5. The van der Waals surface area contributed by atoms with E-state index in [0.717, 1.165) is 16.7 Å². The summed E-state index contributed by atoms with van der Waals surface area (Å²) >= 11 is 0. The number of amides is 2. The maximum absolute atomic E-state index is 12.4. The normalized spacial score (nSPS) is 20.8. The Kier molecular flexibility index (Phi) is 4.56. The maximum Gasteiger partial charge on any atom is 0.318 e. The summed E-state index contributed by atoms with van der Waals surface area (Å²) in [6.45, 7) is 1.50. The van der Waals surface area contributed by atoms with Gasteiger partial charge in [-0.25, -0.2) is 4.79 Å². The monoisotopic (exact) mass is 351 g/mol. The molecule has 1 fully saturated rings. The molecule has 0 bridgehead atoms. The van der Waals surface area contributed by atoms with Crippen molar-refractivity contribution in [2.45, 2.75) is 38.6 Å². The molecule has 134 valence electrons. The van der Waals surface area contributed by atoms with Gasteiger partial charge in [-0.2, -0.15) is 0 Å². The summed E-state index contributed by atoms with van der Waals surface area (Å²) in [5.41, 5.74) is 3.22. The number of nitrogens with zero attached hydrogens (tertiary/aromatic N) is 2. The number of rotatable bonds is 4. The van der Waals surface area contributed by atoms with Crippen LogP contribution >= 0.6 is 0 Å². The van der Waals surface area contributed by atoms with Gasteiger partial charge in [-0.15, -0.1) is 0 Å². The fraction of sp³-hybridized carbons (Fsp3) is 0.350. The molecule has 6 nitrogen and oxygen atoms in total. The number of aromatic nitrogens is 1. The third-order valence-corrected chi connectivity index (χ3v) is 5.04. The first-order chi connectivity index (χ1) is 12.7. The summed E-state index contributed by atoms with van der Waals surface area (Å²) in [6.07, 6.45) is 4.84. The zero-order valence-corrected chi connectivity index (χ0v) is 14.4. The number of fused-ring (bicyclic) bond motifs is 1. The lowest BCUT2D eigenvalue weighted by molar-refractivity contribution is -0.153. The highest BCUT2D eigenvalue weighted by Gasteiger charge is 2.37. The van der Waals surface area contributed by atoms with Crippen molar-refractivity contribution in [2.24, 2.45) is 5.92 Å². The summed E-state index contributed by atoms with van der Waals surface area (Å²) < 4.78 is 5.36. The van der Waals surface area contributed by atoms with E-state index in [0.29, 0.717) is 32.5 Å². The highest BCUT2D eigenvalue weighted by molar-refractivity contribution is 5.77. The number of carbonyl (C=O) groups excluding carboxylic acids is 2. The summed E-state index contributed by atoms with van der Waals surface area (Å²) in [5, 5.41) is 3.01. The molecule has 2 amide bonds. The lowest BCUT2D eigenvalue weighted by atomic mass is 9.80. The molecule has 2 aliphatic rings. The number of urea groups is 1. The minimum atomic E-state index is -0.181. The van der Waals surface area contributed by atoms with Crippen molar-refractivity contribution in [2.75, 3.05) is 0 Å². The minimum absolute atomic E-state index is 0.0404. The molecule has 1 aliphatic heterocycles. The topological polar surface area (TPSA) is 71.5 Å². The van der Waals surface area contributed by atoms with Gasteiger partial charge in [-0.05, 0) is 35.6 Å². The largest absolute Gasteiger partial charge is 0.461 e. The fourth-order valence-electron chi connectivity index (χ4n) is 3.40. The average molecular weight is 351 g/mol. The van der Waals surface area contributed by atoms with Crippen LogP contribution < -0.4 is 5.32 Å². The van der Waals surface area contributed by atoms with Crippen LogP contribution in [0.25, 0.3) is 0 Å². The van der Waals surface area contributed by atoms with Crippen molar-refractivity contribution >= 4 is 12.0 Å². The second kappa shape index (κ2) is 7.15. The Morgan fingerprint density at radius 3 is 2.65 bits per heavy atom. The minimum Gasteiger partial charge on any atom is -0.461 e. The number of hydrogen-bond acceptors (Lipinski definition) is 4. The fourth-order valence-corrected chi connectivity index (χ4v) is 3.40. The summed E-state index contributed by atoms with van der Waals surface area (Å²) in [5.74, 6) is -0.303. The smallest absolute Gasteiger partial charge is 0.318 e. The zero-order valence-electron chi connectivity index (χ0n) is 14.4. The van der Waals surface area contributed by atoms with Crippen LogP contribution in [0.5, 0.6) is 0 Å². The molecule has 2 heterocycles. The Balaban J connectivity index is 1.19. The lowest BCUT2D eigenvalue weighted by Gasteiger charge is -2.35. The molecule has 1 saturated carbocycles. The number of benzene rings is 1. The predicted octanol–water partition coefficient (Wildman–Crippen LogP) is 2.63. The first kappa shape index (κ1) is 16.6. The van der Waals surface area contributed by atoms with Crippen molar-refractivity contribution in [1.82, 2.24) is 15.2 Å². The summed E-state index contributed by atoms with van der Waals surface area (Å²) in [4.78, 5) is 30.3. The van der Waals surface area contributed by atoms with Gasteiger partial charge < -0.3 is 15.0 Å². The molecule has 4 rings (SSSR count). The van der Waals surface area contributed by atoms with Crippen LogP contribution in [0.4, 0.5) is 4.79 Å². The molecule has 0 saturated heterocycles. The van der Waals surface area contributed by atoms with Crippen LogP contribution in [0.1, 0.15) is 29.5 Å². The summed E-state index contributed by atoms with van der Waals surface area (Å²) in [7, 11) is 0. The van der Waals surface area contributed by atoms with E-state index in [2.05, 4.69) is 10.3 Å². The second-order valence-electron chi connectivity index (χ2n) is 6.91. The molecule has 26 heavy (non-hydrogen) atoms. The highest BCUT2D eigenvalue weighted by atomic mass is 16.5. The first-order valence-corrected chi connectivity index (χ1v) is 8.87. The quantitative estimate of drug-likeness (QED) is 0.860. The van der Waals surface area contributed by atoms with Crippen LogP contribution in [0.2, 0.25) is 0 Å². The molecule has 0 spiro atoms. The van der Waals surface area contributed by atoms with Gasteiger partial charge in [-0.1, -0.05) is 30.3 Å². The third-order valence-electron chi connectivity index (χ3n) is 5.04. The molecule has 0 unspecified atom stereocenters. The van der Waals surface area contributed by atoms with Crippen molar-refractivity contribution < 1.29 is 14.3 Å². The first-order valence-electron chi connectivity index (χ1n) is 8.87. The van der Waals surface area contributed by atoms with Gasteiger partial charge >= 0.3 is 12.0 Å². The number of pyridine rings is 1. The van der Waals surface area contributed by atoms with Crippen molar-refractivity contribution in [1.29, 1.82) is 0 Å². The van der Waals surface area contributed by atoms with E-state index in [9.17, 15) is 9.59 Å². The Bertz CT molecular complexity index is 778.